The van der Waals surface area contributed by atoms with Crippen molar-refractivity contribution in [3.05, 3.63) is 34.9 Å². The van der Waals surface area contributed by atoms with Crippen LogP contribution in [0.25, 0.3) is 0 Å². The predicted octanol–water partition coefficient (Wildman–Crippen LogP) is 0.813. The molecule has 5 nitrogen and oxygen atoms in total. The molecule has 1 aromatic carbocycles. The van der Waals surface area contributed by atoms with Gasteiger partial charge >= 0.3 is 5.97 Å². The second-order valence-corrected chi connectivity index (χ2v) is 4.75. The average Bonchev–Trinajstić information content (AvgIpc) is 2.42. The molecule has 1 heterocycles. The molecule has 1 saturated heterocycles. The average molecular weight is 283 g/mol. The first kappa shape index (κ1) is 13.8. The Kier molecular flexibility index (Phi) is 4.39. The van der Waals surface area contributed by atoms with Crippen LogP contribution >= 0.6 is 11.6 Å². The second kappa shape index (κ2) is 6.04. The number of carbonyl (C=O) groups excluding carboxylic acids is 2. The Morgan fingerprint density at radius 1 is 1.47 bits per heavy atom. The number of benzene rings is 1. The van der Waals surface area contributed by atoms with E-state index in [9.17, 15) is 9.59 Å². The fourth-order valence-corrected chi connectivity index (χ4v) is 2.16. The van der Waals surface area contributed by atoms with Gasteiger partial charge in [-0.2, -0.15) is 0 Å². The second-order valence-electron chi connectivity index (χ2n) is 4.32. The molecule has 1 aliphatic rings. The number of nitrogens with one attached hydrogen (secondary N) is 1. The molecule has 1 fully saturated rings. The molecule has 0 aliphatic carbocycles. The monoisotopic (exact) mass is 282 g/mol. The van der Waals surface area contributed by atoms with Gasteiger partial charge in [-0.15, -0.1) is 0 Å². The Hall–Kier alpha value is -1.59. The first-order valence-electron chi connectivity index (χ1n) is 5.94. The lowest BCUT2D eigenvalue weighted by atomic mass is 10.1. The summed E-state index contributed by atoms with van der Waals surface area (Å²) in [5.74, 6) is -0.522. The maximum absolute atomic E-state index is 11.9. The fourth-order valence-electron chi connectivity index (χ4n) is 2.03. The normalized spacial score (nSPS) is 19.4. The molecule has 0 spiro atoms. The maximum atomic E-state index is 11.9. The summed E-state index contributed by atoms with van der Waals surface area (Å²) in [6.07, 6.45) is 0. The van der Waals surface area contributed by atoms with E-state index in [-0.39, 0.29) is 12.5 Å². The zero-order valence-electron chi connectivity index (χ0n) is 10.6. The van der Waals surface area contributed by atoms with Crippen LogP contribution in [-0.4, -0.2) is 43.0 Å². The number of rotatable bonds is 3. The lowest BCUT2D eigenvalue weighted by Gasteiger charge is -2.34. The number of hydrogen-bond acceptors (Lipinski definition) is 4. The van der Waals surface area contributed by atoms with E-state index in [1.165, 1.54) is 12.0 Å². The van der Waals surface area contributed by atoms with Gasteiger partial charge in [-0.05, 0) is 17.7 Å². The van der Waals surface area contributed by atoms with E-state index in [1.807, 2.05) is 12.1 Å². The van der Waals surface area contributed by atoms with E-state index in [4.69, 9.17) is 16.3 Å². The number of nitrogens with zero attached hydrogens (tertiary/aromatic N) is 1. The third kappa shape index (κ3) is 3.24. The lowest BCUT2D eigenvalue weighted by molar-refractivity contribution is -0.155. The van der Waals surface area contributed by atoms with Crippen LogP contribution in [-0.2, 0) is 20.9 Å². The molecule has 19 heavy (non-hydrogen) atoms. The fraction of sp³-hybridized carbons (Fsp3) is 0.385. The number of esters is 1. The molecule has 2 rings (SSSR count). The Labute approximate surface area is 116 Å². The quantitative estimate of drug-likeness (QED) is 0.834. The van der Waals surface area contributed by atoms with E-state index in [2.05, 4.69) is 5.32 Å². The molecule has 0 unspecified atom stereocenters. The molecule has 1 N–H and O–H groups in total. The molecule has 6 heteroatoms. The zero-order chi connectivity index (χ0) is 13.8. The first-order chi connectivity index (χ1) is 9.11. The van der Waals surface area contributed by atoms with Gasteiger partial charge in [0, 0.05) is 18.1 Å². The van der Waals surface area contributed by atoms with Crippen molar-refractivity contribution < 1.29 is 14.3 Å². The highest BCUT2D eigenvalue weighted by Crippen LogP contribution is 2.15. The van der Waals surface area contributed by atoms with E-state index in [1.54, 1.807) is 12.1 Å². The van der Waals surface area contributed by atoms with Crippen molar-refractivity contribution in [1.29, 1.82) is 0 Å². The van der Waals surface area contributed by atoms with Crippen LogP contribution in [0, 0.1) is 0 Å². The number of ether oxygens (including phenoxy) is 1. The van der Waals surface area contributed by atoms with Gasteiger partial charge < -0.3 is 15.0 Å². The third-order valence-electron chi connectivity index (χ3n) is 3.05. The van der Waals surface area contributed by atoms with Gasteiger partial charge in [-0.1, -0.05) is 23.7 Å². The van der Waals surface area contributed by atoms with Crippen molar-refractivity contribution in [2.24, 2.45) is 0 Å². The molecular weight excluding hydrogens is 268 g/mol. The minimum absolute atomic E-state index is 0.114. The van der Waals surface area contributed by atoms with Crippen molar-refractivity contribution >= 4 is 23.5 Å². The number of piperazine rings is 1. The molecule has 1 aliphatic heterocycles. The minimum Gasteiger partial charge on any atom is -0.467 e. The highest BCUT2D eigenvalue weighted by molar-refractivity contribution is 6.30. The summed E-state index contributed by atoms with van der Waals surface area (Å²) in [7, 11) is 1.32. The van der Waals surface area contributed by atoms with Gasteiger partial charge in [0.15, 0.2) is 0 Å². The number of amides is 1. The summed E-state index contributed by atoms with van der Waals surface area (Å²) < 4.78 is 4.73. The van der Waals surface area contributed by atoms with Gasteiger partial charge in [-0.3, -0.25) is 4.79 Å². The van der Waals surface area contributed by atoms with Gasteiger partial charge in [0.2, 0.25) is 5.91 Å². The van der Waals surface area contributed by atoms with E-state index >= 15 is 0 Å². The van der Waals surface area contributed by atoms with Crippen molar-refractivity contribution in [2.45, 2.75) is 12.6 Å². The van der Waals surface area contributed by atoms with Crippen LogP contribution in [0.4, 0.5) is 0 Å². The topological polar surface area (TPSA) is 58.6 Å². The SMILES string of the molecule is COC(=O)[C@H]1CNCC(=O)N1Cc1ccc(Cl)cc1. The predicted molar refractivity (Wildman–Crippen MR) is 70.7 cm³/mol. The highest BCUT2D eigenvalue weighted by Gasteiger charge is 2.33. The van der Waals surface area contributed by atoms with Crippen LogP contribution in [0.2, 0.25) is 5.02 Å². The first-order valence-corrected chi connectivity index (χ1v) is 6.32. The number of carbonyl (C=O) groups is 2. The molecule has 0 saturated carbocycles. The molecule has 0 bridgehead atoms. The minimum atomic E-state index is -0.582. The van der Waals surface area contributed by atoms with Crippen LogP contribution in [0.3, 0.4) is 0 Å². The molecule has 0 aromatic heterocycles. The summed E-state index contributed by atoms with van der Waals surface area (Å²) in [5, 5.41) is 3.55. The Balaban J connectivity index is 2.15. The Morgan fingerprint density at radius 3 is 2.79 bits per heavy atom. The zero-order valence-corrected chi connectivity index (χ0v) is 11.3. The molecule has 102 valence electrons. The van der Waals surface area contributed by atoms with Crippen LogP contribution in [0.5, 0.6) is 0 Å². The third-order valence-corrected chi connectivity index (χ3v) is 3.30. The number of hydrogen-bond donors (Lipinski definition) is 1. The Morgan fingerprint density at radius 2 is 2.16 bits per heavy atom. The van der Waals surface area contributed by atoms with Crippen LogP contribution in [0.1, 0.15) is 5.56 Å². The van der Waals surface area contributed by atoms with Crippen LogP contribution < -0.4 is 5.32 Å². The van der Waals surface area contributed by atoms with E-state index < -0.39 is 12.0 Å². The van der Waals surface area contributed by atoms with E-state index in [0.29, 0.717) is 18.1 Å². The van der Waals surface area contributed by atoms with Crippen molar-refractivity contribution in [2.75, 3.05) is 20.2 Å². The summed E-state index contributed by atoms with van der Waals surface area (Å²) >= 11 is 5.82. The molecule has 1 atom stereocenters. The van der Waals surface area contributed by atoms with Crippen molar-refractivity contribution in [3.8, 4) is 0 Å². The van der Waals surface area contributed by atoms with Gasteiger partial charge in [0.05, 0.1) is 13.7 Å². The van der Waals surface area contributed by atoms with E-state index in [0.717, 1.165) is 5.56 Å². The molecule has 1 aromatic rings. The highest BCUT2D eigenvalue weighted by atomic mass is 35.5. The van der Waals surface area contributed by atoms with Gasteiger partial charge in [0.25, 0.3) is 0 Å². The van der Waals surface area contributed by atoms with Gasteiger partial charge in [0.1, 0.15) is 6.04 Å². The summed E-state index contributed by atoms with van der Waals surface area (Å²) in [6, 6.07) is 6.62. The maximum Gasteiger partial charge on any atom is 0.329 e. The smallest absolute Gasteiger partial charge is 0.329 e. The lowest BCUT2D eigenvalue weighted by Crippen LogP contribution is -2.57. The standard InChI is InChI=1S/C13H15ClN2O3/c1-19-13(18)11-6-15-7-12(17)16(11)8-9-2-4-10(14)5-3-9/h2-5,11,15H,6-8H2,1H3/t11-/m1/s1. The molecule has 0 radical (unpaired) electrons. The van der Waals surface area contributed by atoms with Crippen molar-refractivity contribution in [3.63, 3.8) is 0 Å². The summed E-state index contributed by atoms with van der Waals surface area (Å²) in [4.78, 5) is 25.1. The summed E-state index contributed by atoms with van der Waals surface area (Å²) in [5.41, 5.74) is 0.925. The molecule has 1 amide bonds. The number of methoxy groups -OCH3 is 1. The summed E-state index contributed by atoms with van der Waals surface area (Å²) in [6.45, 7) is 1.02. The van der Waals surface area contributed by atoms with Crippen molar-refractivity contribution in [1.82, 2.24) is 10.2 Å². The number of halogens is 1. The largest absolute Gasteiger partial charge is 0.467 e. The Bertz CT molecular complexity index is 475. The van der Waals surface area contributed by atoms with Crippen LogP contribution in [0.15, 0.2) is 24.3 Å². The molecular formula is C13H15ClN2O3. The van der Waals surface area contributed by atoms with Gasteiger partial charge in [-0.25, -0.2) is 4.79 Å².